The van der Waals surface area contributed by atoms with Gasteiger partial charge in [-0.3, -0.25) is 0 Å². The van der Waals surface area contributed by atoms with E-state index in [1.165, 1.54) is 0 Å². The molecule has 118 valence electrons. The molecular weight excluding hydrogens is 254 g/mol. The number of rotatable bonds is 9. The molecule has 0 aromatic carbocycles. The average Bonchev–Trinajstić information content (AvgIpc) is 2.37. The van der Waals surface area contributed by atoms with Gasteiger partial charge in [0.1, 0.15) is 0 Å². The van der Waals surface area contributed by atoms with E-state index in [1.54, 1.807) is 7.05 Å². The van der Waals surface area contributed by atoms with Crippen LogP contribution in [0, 0.1) is 0 Å². The Morgan fingerprint density at radius 1 is 0.950 bits per heavy atom. The first-order valence-corrected chi connectivity index (χ1v) is 7.08. The van der Waals surface area contributed by atoms with E-state index in [2.05, 4.69) is 40.2 Å². The van der Waals surface area contributed by atoms with E-state index >= 15 is 0 Å². The minimum absolute atomic E-state index is 0.124. The van der Waals surface area contributed by atoms with Crippen LogP contribution in [0.5, 0.6) is 0 Å². The van der Waals surface area contributed by atoms with E-state index in [4.69, 9.17) is 5.21 Å². The zero-order valence-electron chi connectivity index (χ0n) is 14.0. The van der Waals surface area contributed by atoms with E-state index in [0.29, 0.717) is 5.71 Å². The van der Waals surface area contributed by atoms with Gasteiger partial charge in [-0.1, -0.05) is 5.16 Å². The van der Waals surface area contributed by atoms with Gasteiger partial charge in [0, 0.05) is 7.05 Å². The minimum Gasteiger partial charge on any atom is -0.411 e. The molecule has 0 aromatic heterocycles. The van der Waals surface area contributed by atoms with Gasteiger partial charge < -0.3 is 21.3 Å². The van der Waals surface area contributed by atoms with Crippen molar-refractivity contribution in [2.45, 2.75) is 59.0 Å². The minimum atomic E-state index is -0.284. The number of nitrogens with one attached hydrogen (secondary N) is 3. The van der Waals surface area contributed by atoms with Crippen LogP contribution in [0.2, 0.25) is 0 Å². The summed E-state index contributed by atoms with van der Waals surface area (Å²) >= 11 is 0. The molecule has 0 aromatic rings. The molecule has 0 heterocycles. The van der Waals surface area contributed by atoms with Gasteiger partial charge in [-0.25, -0.2) is 0 Å². The Morgan fingerprint density at radius 2 is 1.40 bits per heavy atom. The summed E-state index contributed by atoms with van der Waals surface area (Å²) in [6.07, 6.45) is 0.985. The Labute approximate surface area is 123 Å². The van der Waals surface area contributed by atoms with Crippen molar-refractivity contribution < 1.29 is 5.21 Å². The smallest absolute Gasteiger partial charge is 0.0734 e. The van der Waals surface area contributed by atoms with Crippen LogP contribution in [-0.2, 0) is 0 Å². The van der Waals surface area contributed by atoms with Crippen LogP contribution in [0.15, 0.2) is 10.3 Å². The lowest BCUT2D eigenvalue weighted by Gasteiger charge is -2.28. The molecule has 0 bridgehead atoms. The normalized spacial score (nSPS) is 14.6. The van der Waals surface area contributed by atoms with Crippen LogP contribution in [-0.4, -0.2) is 47.8 Å². The van der Waals surface area contributed by atoms with Crippen molar-refractivity contribution in [1.29, 1.82) is 0 Å². The number of hydrogen-bond acceptors (Lipinski definition) is 6. The highest BCUT2D eigenvalue weighted by Crippen LogP contribution is 2.06. The lowest BCUT2D eigenvalue weighted by molar-refractivity contribution is 0.310. The third-order valence-electron chi connectivity index (χ3n) is 3.73. The van der Waals surface area contributed by atoms with Gasteiger partial charge in [0.15, 0.2) is 0 Å². The van der Waals surface area contributed by atoms with Crippen molar-refractivity contribution in [1.82, 2.24) is 16.1 Å². The number of oxime groups is 1. The second-order valence-corrected chi connectivity index (χ2v) is 6.06. The average molecular weight is 285 g/mol. The van der Waals surface area contributed by atoms with Gasteiger partial charge in [0.2, 0.25) is 0 Å². The summed E-state index contributed by atoms with van der Waals surface area (Å²) < 4.78 is 0. The molecule has 0 fully saturated rings. The highest BCUT2D eigenvalue weighted by molar-refractivity contribution is 5.90. The highest BCUT2D eigenvalue weighted by atomic mass is 16.4. The van der Waals surface area contributed by atoms with E-state index in [9.17, 15) is 0 Å². The van der Waals surface area contributed by atoms with Crippen LogP contribution in [0.25, 0.3) is 0 Å². The Kier molecular flexibility index (Phi) is 7.75. The fourth-order valence-corrected chi connectivity index (χ4v) is 1.58. The number of hydrazone groups is 1. The van der Waals surface area contributed by atoms with Crippen LogP contribution in [0.4, 0.5) is 0 Å². The Bertz CT molecular complexity index is 347. The molecule has 0 radical (unpaired) electrons. The summed E-state index contributed by atoms with van der Waals surface area (Å²) in [4.78, 5) is 0. The van der Waals surface area contributed by atoms with Crippen molar-refractivity contribution in [3.05, 3.63) is 0 Å². The molecule has 0 saturated heterocycles. The van der Waals surface area contributed by atoms with E-state index in [0.717, 1.165) is 25.2 Å². The number of nitrogens with zero attached hydrogens (tertiary/aromatic N) is 2. The fourth-order valence-electron chi connectivity index (χ4n) is 1.58. The third-order valence-corrected chi connectivity index (χ3v) is 3.73. The topological polar surface area (TPSA) is 81.0 Å². The standard InChI is InChI=1S/C14H31N5O/c1-11(18-15-7)13(3,4)16-9-8-10-17-14(5,6)12(2)19-20/h15-17,20H,8-10H2,1-7H3. The summed E-state index contributed by atoms with van der Waals surface area (Å²) in [5, 5.41) is 23.1. The Morgan fingerprint density at radius 3 is 1.80 bits per heavy atom. The molecule has 0 aliphatic carbocycles. The summed E-state index contributed by atoms with van der Waals surface area (Å²) in [6.45, 7) is 13.8. The predicted molar refractivity (Wildman–Crippen MR) is 85.8 cm³/mol. The third kappa shape index (κ3) is 6.34. The summed E-state index contributed by atoms with van der Waals surface area (Å²) in [7, 11) is 1.80. The molecule has 0 unspecified atom stereocenters. The maximum Gasteiger partial charge on any atom is 0.0734 e. The van der Waals surface area contributed by atoms with E-state index in [1.807, 2.05) is 27.7 Å². The van der Waals surface area contributed by atoms with Crippen LogP contribution in [0.3, 0.4) is 0 Å². The summed E-state index contributed by atoms with van der Waals surface area (Å²) in [6, 6.07) is 0. The number of hydrogen-bond donors (Lipinski definition) is 4. The molecule has 0 atom stereocenters. The summed E-state index contributed by atoms with van der Waals surface area (Å²) in [5.74, 6) is 0. The lowest BCUT2D eigenvalue weighted by Crippen LogP contribution is -2.49. The first-order valence-electron chi connectivity index (χ1n) is 7.08. The lowest BCUT2D eigenvalue weighted by atomic mass is 9.99. The van der Waals surface area contributed by atoms with Crippen LogP contribution < -0.4 is 16.1 Å². The van der Waals surface area contributed by atoms with Gasteiger partial charge in [0.05, 0.1) is 22.5 Å². The molecule has 0 aliphatic heterocycles. The second kappa shape index (κ2) is 8.21. The van der Waals surface area contributed by atoms with Crippen LogP contribution >= 0.6 is 0 Å². The molecule has 20 heavy (non-hydrogen) atoms. The monoisotopic (exact) mass is 285 g/mol. The largest absolute Gasteiger partial charge is 0.411 e. The maximum atomic E-state index is 8.81. The molecular formula is C14H31N5O. The van der Waals surface area contributed by atoms with Crippen molar-refractivity contribution in [2.75, 3.05) is 20.1 Å². The predicted octanol–water partition coefficient (Wildman–Crippen LogP) is 1.56. The summed E-state index contributed by atoms with van der Waals surface area (Å²) in [5.41, 5.74) is 4.11. The van der Waals surface area contributed by atoms with E-state index < -0.39 is 0 Å². The van der Waals surface area contributed by atoms with Gasteiger partial charge in [0.25, 0.3) is 0 Å². The molecule has 6 heteroatoms. The molecule has 4 N–H and O–H groups in total. The molecule has 0 rings (SSSR count). The van der Waals surface area contributed by atoms with Gasteiger partial charge in [-0.2, -0.15) is 5.10 Å². The molecule has 6 nitrogen and oxygen atoms in total. The van der Waals surface area contributed by atoms with Crippen molar-refractivity contribution in [2.24, 2.45) is 10.3 Å². The van der Waals surface area contributed by atoms with Crippen molar-refractivity contribution >= 4 is 11.4 Å². The first kappa shape index (κ1) is 18.9. The molecule has 0 saturated carbocycles. The molecule has 0 spiro atoms. The quantitative estimate of drug-likeness (QED) is 0.224. The zero-order chi connectivity index (χ0) is 15.8. The van der Waals surface area contributed by atoms with Crippen molar-refractivity contribution in [3.63, 3.8) is 0 Å². The first-order chi connectivity index (χ1) is 9.17. The SMILES string of the molecule is CNN=C(C)C(C)(C)NCCCNC(C)(C)C(C)=NO. The highest BCUT2D eigenvalue weighted by Gasteiger charge is 2.22. The zero-order valence-corrected chi connectivity index (χ0v) is 14.0. The second-order valence-electron chi connectivity index (χ2n) is 6.06. The maximum absolute atomic E-state index is 8.81. The molecule has 0 aliphatic rings. The molecule has 0 amide bonds. The van der Waals surface area contributed by atoms with Gasteiger partial charge in [-0.15, -0.1) is 0 Å². The Hall–Kier alpha value is -1.14. The van der Waals surface area contributed by atoms with Gasteiger partial charge in [-0.05, 0) is 61.1 Å². The van der Waals surface area contributed by atoms with Crippen molar-refractivity contribution in [3.8, 4) is 0 Å². The van der Waals surface area contributed by atoms with E-state index in [-0.39, 0.29) is 11.1 Å². The van der Waals surface area contributed by atoms with Gasteiger partial charge >= 0.3 is 0 Å². The van der Waals surface area contributed by atoms with Crippen LogP contribution in [0.1, 0.15) is 48.0 Å². The fraction of sp³-hybridized carbons (Fsp3) is 0.857. The Balaban J connectivity index is 4.08.